The molecule has 0 saturated carbocycles. The highest BCUT2D eigenvalue weighted by Crippen LogP contribution is 2.22. The van der Waals surface area contributed by atoms with Gasteiger partial charge in [0, 0.05) is 18.1 Å². The molecule has 0 spiro atoms. The minimum atomic E-state index is -0.557. The molecule has 0 radical (unpaired) electrons. The number of methoxy groups -OCH3 is 1. The summed E-state index contributed by atoms with van der Waals surface area (Å²) >= 11 is 6.00. The molecular formula is C16H15ClN2O3. The summed E-state index contributed by atoms with van der Waals surface area (Å²) in [6.45, 7) is 1.54. The van der Waals surface area contributed by atoms with E-state index in [-0.39, 0.29) is 6.10 Å². The molecule has 0 bridgehead atoms. The van der Waals surface area contributed by atoms with Crippen LogP contribution in [0.25, 0.3) is 11.0 Å². The molecule has 2 heterocycles. The number of rotatable bonds is 3. The Balaban J connectivity index is 1.98. The van der Waals surface area contributed by atoms with Gasteiger partial charge in [0.1, 0.15) is 5.82 Å². The van der Waals surface area contributed by atoms with Crippen molar-refractivity contribution >= 4 is 28.6 Å². The maximum atomic E-state index is 11.1. The van der Waals surface area contributed by atoms with Crippen molar-refractivity contribution in [3.05, 3.63) is 29.6 Å². The highest BCUT2D eigenvalue weighted by molar-refractivity contribution is 6.16. The topological polar surface area (TPSA) is 53.3 Å². The highest BCUT2D eigenvalue weighted by atomic mass is 35.5. The summed E-state index contributed by atoms with van der Waals surface area (Å²) in [5, 5.41) is 0. The summed E-state index contributed by atoms with van der Waals surface area (Å²) in [7, 11) is 1.31. The van der Waals surface area contributed by atoms with E-state index in [2.05, 4.69) is 26.1 Å². The molecule has 1 aliphatic heterocycles. The van der Waals surface area contributed by atoms with Crippen molar-refractivity contribution in [3.63, 3.8) is 0 Å². The van der Waals surface area contributed by atoms with Crippen molar-refractivity contribution < 1.29 is 14.3 Å². The third kappa shape index (κ3) is 2.94. The zero-order valence-corrected chi connectivity index (χ0v) is 12.9. The molecular weight excluding hydrogens is 304 g/mol. The summed E-state index contributed by atoms with van der Waals surface area (Å²) in [5.74, 6) is 5.81. The minimum absolute atomic E-state index is 0.212. The Morgan fingerprint density at radius 1 is 1.59 bits per heavy atom. The van der Waals surface area contributed by atoms with Crippen molar-refractivity contribution in [2.24, 2.45) is 0 Å². The maximum Gasteiger partial charge on any atom is 0.384 e. The predicted molar refractivity (Wildman–Crippen MR) is 82.5 cm³/mol. The molecule has 0 N–H and O–H groups in total. The molecule has 0 aliphatic carbocycles. The molecule has 0 unspecified atom stereocenters. The minimum Gasteiger partial charge on any atom is -0.459 e. The fourth-order valence-corrected chi connectivity index (χ4v) is 2.57. The van der Waals surface area contributed by atoms with Crippen LogP contribution in [0.2, 0.25) is 0 Å². The van der Waals surface area contributed by atoms with Crippen LogP contribution in [0.3, 0.4) is 0 Å². The first-order valence-electron chi connectivity index (χ1n) is 6.98. The monoisotopic (exact) mass is 318 g/mol. The van der Waals surface area contributed by atoms with Gasteiger partial charge in [-0.05, 0) is 24.6 Å². The Kier molecular flexibility index (Phi) is 4.32. The summed E-state index contributed by atoms with van der Waals surface area (Å²) in [6, 6.07) is 5.62. The van der Waals surface area contributed by atoms with Crippen LogP contribution in [-0.2, 0) is 26.7 Å². The van der Waals surface area contributed by atoms with Crippen molar-refractivity contribution in [2.45, 2.75) is 24.9 Å². The molecule has 1 fully saturated rings. The van der Waals surface area contributed by atoms with E-state index in [0.29, 0.717) is 5.88 Å². The average molecular weight is 319 g/mol. The third-order valence-corrected chi connectivity index (χ3v) is 3.86. The highest BCUT2D eigenvalue weighted by Gasteiger charge is 2.21. The number of hydrogen-bond donors (Lipinski definition) is 0. The first kappa shape index (κ1) is 14.9. The Hall–Kier alpha value is -2.03. The second-order valence-electron chi connectivity index (χ2n) is 5.00. The first-order valence-corrected chi connectivity index (χ1v) is 7.51. The van der Waals surface area contributed by atoms with E-state index in [1.54, 1.807) is 0 Å². The van der Waals surface area contributed by atoms with Crippen molar-refractivity contribution in [2.75, 3.05) is 13.7 Å². The summed E-state index contributed by atoms with van der Waals surface area (Å²) in [5.41, 5.74) is 2.54. The molecule has 1 saturated heterocycles. The standard InChI is InChI=1S/C16H15ClN2O3/c1-21-16(20)5-3-11-2-4-13-14(8-11)19(15(9-17)18-13)10-12-6-7-22-12/h2,4,8,12H,6-7,9-10H2,1H3/t12-/m0/s1. The van der Waals surface area contributed by atoms with Crippen LogP contribution < -0.4 is 0 Å². The van der Waals surface area contributed by atoms with Gasteiger partial charge in [-0.2, -0.15) is 0 Å². The quantitative estimate of drug-likeness (QED) is 0.494. The number of carbonyl (C=O) groups is 1. The lowest BCUT2D eigenvalue weighted by molar-refractivity contribution is -0.133. The Labute approximate surface area is 133 Å². The van der Waals surface area contributed by atoms with Crippen molar-refractivity contribution in [3.8, 4) is 11.8 Å². The molecule has 5 nitrogen and oxygen atoms in total. The maximum absolute atomic E-state index is 11.1. The van der Waals surface area contributed by atoms with E-state index < -0.39 is 5.97 Å². The number of hydrogen-bond acceptors (Lipinski definition) is 4. The van der Waals surface area contributed by atoms with Gasteiger partial charge >= 0.3 is 5.97 Å². The number of nitrogens with zero attached hydrogens (tertiary/aromatic N) is 2. The number of ether oxygens (including phenoxy) is 2. The summed E-state index contributed by atoms with van der Waals surface area (Å²) in [6.07, 6.45) is 1.26. The zero-order chi connectivity index (χ0) is 15.5. The van der Waals surface area contributed by atoms with E-state index in [1.807, 2.05) is 18.2 Å². The van der Waals surface area contributed by atoms with Crippen LogP contribution >= 0.6 is 11.6 Å². The molecule has 3 rings (SSSR count). The van der Waals surface area contributed by atoms with Crippen molar-refractivity contribution in [1.29, 1.82) is 0 Å². The van der Waals surface area contributed by atoms with Crippen LogP contribution in [-0.4, -0.2) is 35.3 Å². The van der Waals surface area contributed by atoms with Gasteiger partial charge in [0.2, 0.25) is 0 Å². The lowest BCUT2D eigenvalue weighted by Gasteiger charge is -2.27. The second-order valence-corrected chi connectivity index (χ2v) is 5.27. The molecule has 1 atom stereocenters. The normalized spacial score (nSPS) is 16.7. The van der Waals surface area contributed by atoms with Crippen LogP contribution in [0.4, 0.5) is 0 Å². The molecule has 1 aromatic carbocycles. The van der Waals surface area contributed by atoms with E-state index in [0.717, 1.165) is 42.0 Å². The largest absolute Gasteiger partial charge is 0.459 e. The van der Waals surface area contributed by atoms with Gasteiger partial charge < -0.3 is 14.0 Å². The molecule has 22 heavy (non-hydrogen) atoms. The van der Waals surface area contributed by atoms with E-state index in [1.165, 1.54) is 7.11 Å². The predicted octanol–water partition coefficient (Wildman–Crippen LogP) is 2.09. The molecule has 114 valence electrons. The number of carbonyl (C=O) groups excluding carboxylic acids is 1. The lowest BCUT2D eigenvalue weighted by atomic mass is 10.1. The first-order chi connectivity index (χ1) is 10.7. The number of fused-ring (bicyclic) bond motifs is 1. The van der Waals surface area contributed by atoms with Gasteiger partial charge in [0.15, 0.2) is 0 Å². The van der Waals surface area contributed by atoms with Crippen LogP contribution in [0.1, 0.15) is 17.8 Å². The zero-order valence-electron chi connectivity index (χ0n) is 12.1. The van der Waals surface area contributed by atoms with Crippen LogP contribution in [0, 0.1) is 11.8 Å². The van der Waals surface area contributed by atoms with Crippen LogP contribution in [0.5, 0.6) is 0 Å². The van der Waals surface area contributed by atoms with Crippen molar-refractivity contribution in [1.82, 2.24) is 9.55 Å². The SMILES string of the molecule is COC(=O)C#Cc1ccc2nc(CCl)n(C[C@@H]3CCO3)c2c1. The Morgan fingerprint density at radius 2 is 2.41 bits per heavy atom. The smallest absolute Gasteiger partial charge is 0.384 e. The van der Waals surface area contributed by atoms with E-state index in [4.69, 9.17) is 16.3 Å². The van der Waals surface area contributed by atoms with E-state index in [9.17, 15) is 4.79 Å². The number of esters is 1. The fourth-order valence-electron chi connectivity index (χ4n) is 2.36. The lowest BCUT2D eigenvalue weighted by Crippen LogP contribution is -2.31. The van der Waals surface area contributed by atoms with Gasteiger partial charge in [-0.3, -0.25) is 0 Å². The average Bonchev–Trinajstić information content (AvgIpc) is 2.85. The number of aromatic nitrogens is 2. The second kappa shape index (κ2) is 6.39. The van der Waals surface area contributed by atoms with Gasteiger partial charge in [-0.25, -0.2) is 9.78 Å². The molecule has 0 amide bonds. The molecule has 6 heteroatoms. The van der Waals surface area contributed by atoms with Gasteiger partial charge in [-0.15, -0.1) is 11.6 Å². The number of halogens is 1. The fraction of sp³-hybridized carbons (Fsp3) is 0.375. The van der Waals surface area contributed by atoms with Gasteiger partial charge in [-0.1, -0.05) is 5.92 Å². The number of benzene rings is 1. The van der Waals surface area contributed by atoms with Gasteiger partial charge in [0.05, 0.1) is 36.7 Å². The summed E-state index contributed by atoms with van der Waals surface area (Å²) < 4.78 is 12.1. The van der Waals surface area contributed by atoms with Crippen LogP contribution in [0.15, 0.2) is 18.2 Å². The molecule has 1 aromatic heterocycles. The third-order valence-electron chi connectivity index (χ3n) is 3.62. The Morgan fingerprint density at radius 3 is 3.05 bits per heavy atom. The molecule has 2 aromatic rings. The number of alkyl halides is 1. The van der Waals surface area contributed by atoms with Gasteiger partial charge in [0.25, 0.3) is 0 Å². The summed E-state index contributed by atoms with van der Waals surface area (Å²) in [4.78, 5) is 15.6. The number of imidazole rings is 1. The molecule has 1 aliphatic rings. The van der Waals surface area contributed by atoms with E-state index >= 15 is 0 Å². The Bertz CT molecular complexity index is 769.